The van der Waals surface area contributed by atoms with Crippen LogP contribution < -0.4 is 20.2 Å². The molecule has 0 unspecified atom stereocenters. The van der Waals surface area contributed by atoms with Gasteiger partial charge in [0.05, 0.1) is 13.5 Å². The molecular formula is C19H20BrN3O4. The molecule has 2 aromatic carbocycles. The quantitative estimate of drug-likeness (QED) is 0.493. The molecule has 8 heteroatoms. The van der Waals surface area contributed by atoms with Crippen LogP contribution in [0.15, 0.2) is 58.1 Å². The second kappa shape index (κ2) is 10.3. The predicted molar refractivity (Wildman–Crippen MR) is 107 cm³/mol. The third-order valence-corrected chi connectivity index (χ3v) is 3.82. The number of anilines is 1. The van der Waals surface area contributed by atoms with E-state index in [9.17, 15) is 9.59 Å². The van der Waals surface area contributed by atoms with Crippen LogP contribution in [0.25, 0.3) is 0 Å². The van der Waals surface area contributed by atoms with Crippen molar-refractivity contribution in [1.82, 2.24) is 5.43 Å². The number of hydrogen-bond donors (Lipinski definition) is 2. The molecular weight excluding hydrogens is 414 g/mol. The Hall–Kier alpha value is -2.87. The minimum atomic E-state index is -0.419. The van der Waals surface area contributed by atoms with E-state index in [-0.39, 0.29) is 18.9 Å². The van der Waals surface area contributed by atoms with Crippen molar-refractivity contribution in [1.29, 1.82) is 0 Å². The number of methoxy groups -OCH3 is 1. The highest BCUT2D eigenvalue weighted by Gasteiger charge is 2.07. The second-order valence-corrected chi connectivity index (χ2v) is 6.50. The van der Waals surface area contributed by atoms with Crippen LogP contribution in [0.4, 0.5) is 5.69 Å². The third-order valence-electron chi connectivity index (χ3n) is 3.33. The molecule has 2 N–H and O–H groups in total. The Morgan fingerprint density at radius 2 is 1.78 bits per heavy atom. The number of rotatable bonds is 8. The Morgan fingerprint density at radius 3 is 2.44 bits per heavy atom. The van der Waals surface area contributed by atoms with Gasteiger partial charge in [0.15, 0.2) is 6.61 Å². The molecule has 0 aliphatic rings. The maximum absolute atomic E-state index is 12.0. The number of halogens is 1. The van der Waals surface area contributed by atoms with E-state index in [2.05, 4.69) is 31.8 Å². The summed E-state index contributed by atoms with van der Waals surface area (Å²) >= 11 is 3.34. The lowest BCUT2D eigenvalue weighted by molar-refractivity contribution is -0.123. The van der Waals surface area contributed by atoms with Crippen LogP contribution in [0.1, 0.15) is 13.3 Å². The van der Waals surface area contributed by atoms with E-state index in [0.29, 0.717) is 22.9 Å². The molecule has 0 aliphatic carbocycles. The van der Waals surface area contributed by atoms with Crippen molar-refractivity contribution in [3.8, 4) is 11.5 Å². The zero-order chi connectivity index (χ0) is 19.6. The van der Waals surface area contributed by atoms with Crippen molar-refractivity contribution >= 4 is 39.1 Å². The smallest absolute Gasteiger partial charge is 0.277 e. The molecule has 0 bridgehead atoms. The Balaban J connectivity index is 1.74. The van der Waals surface area contributed by atoms with Crippen LogP contribution in [-0.4, -0.2) is 31.2 Å². The van der Waals surface area contributed by atoms with Crippen molar-refractivity contribution in [2.75, 3.05) is 19.0 Å². The van der Waals surface area contributed by atoms with Crippen molar-refractivity contribution in [3.05, 3.63) is 53.0 Å². The topological polar surface area (TPSA) is 89.0 Å². The Morgan fingerprint density at radius 1 is 1.07 bits per heavy atom. The van der Waals surface area contributed by atoms with Crippen molar-refractivity contribution in [3.63, 3.8) is 0 Å². The third kappa shape index (κ3) is 7.49. The van der Waals surface area contributed by atoms with Crippen molar-refractivity contribution in [2.24, 2.45) is 5.10 Å². The number of hydrazone groups is 1. The second-order valence-electron chi connectivity index (χ2n) is 5.58. The van der Waals surface area contributed by atoms with E-state index in [1.807, 2.05) is 12.1 Å². The van der Waals surface area contributed by atoms with Gasteiger partial charge in [-0.2, -0.15) is 5.10 Å². The standard InChI is InChI=1S/C19H20BrN3O4/c1-13(10-18(24)21-15-5-3-4-14(20)11-15)22-23-19(25)12-27-17-8-6-16(26-2)7-9-17/h3-9,11H,10,12H2,1-2H3,(H,21,24)(H,23,25). The first kappa shape index (κ1) is 20.4. The normalized spacial score (nSPS) is 10.9. The lowest BCUT2D eigenvalue weighted by Crippen LogP contribution is -2.26. The number of hydrogen-bond acceptors (Lipinski definition) is 5. The highest BCUT2D eigenvalue weighted by Crippen LogP contribution is 2.17. The van der Waals surface area contributed by atoms with E-state index >= 15 is 0 Å². The monoisotopic (exact) mass is 433 g/mol. The minimum Gasteiger partial charge on any atom is -0.497 e. The largest absolute Gasteiger partial charge is 0.497 e. The summed E-state index contributed by atoms with van der Waals surface area (Å²) in [7, 11) is 1.57. The summed E-state index contributed by atoms with van der Waals surface area (Å²) in [6.07, 6.45) is 0.0616. The summed E-state index contributed by atoms with van der Waals surface area (Å²) in [5, 5.41) is 6.67. The summed E-state index contributed by atoms with van der Waals surface area (Å²) in [6, 6.07) is 14.1. The zero-order valence-corrected chi connectivity index (χ0v) is 16.6. The van der Waals surface area contributed by atoms with E-state index < -0.39 is 5.91 Å². The fourth-order valence-electron chi connectivity index (χ4n) is 2.05. The molecule has 27 heavy (non-hydrogen) atoms. The summed E-state index contributed by atoms with van der Waals surface area (Å²) in [4.78, 5) is 23.8. The molecule has 0 heterocycles. The number of ether oxygens (including phenoxy) is 2. The molecule has 0 fully saturated rings. The van der Waals surface area contributed by atoms with Gasteiger partial charge in [-0.3, -0.25) is 9.59 Å². The molecule has 0 aromatic heterocycles. The maximum atomic E-state index is 12.0. The zero-order valence-electron chi connectivity index (χ0n) is 15.0. The van der Waals surface area contributed by atoms with Gasteiger partial charge in [-0.15, -0.1) is 0 Å². The fraction of sp³-hybridized carbons (Fsp3) is 0.211. The van der Waals surface area contributed by atoms with Gasteiger partial charge in [-0.25, -0.2) is 5.43 Å². The van der Waals surface area contributed by atoms with E-state index in [1.54, 1.807) is 50.4 Å². The van der Waals surface area contributed by atoms with Crippen molar-refractivity contribution in [2.45, 2.75) is 13.3 Å². The minimum absolute atomic E-state index is 0.0616. The maximum Gasteiger partial charge on any atom is 0.277 e. The molecule has 7 nitrogen and oxygen atoms in total. The number of carbonyl (C=O) groups is 2. The number of benzene rings is 2. The average molecular weight is 434 g/mol. The van der Waals surface area contributed by atoms with Crippen LogP contribution in [0.5, 0.6) is 11.5 Å². The number of amides is 2. The molecule has 2 rings (SSSR count). The van der Waals surface area contributed by atoms with E-state index in [4.69, 9.17) is 9.47 Å². The van der Waals surface area contributed by atoms with Gasteiger partial charge in [-0.05, 0) is 49.4 Å². The first-order valence-corrected chi connectivity index (χ1v) is 8.90. The van der Waals surface area contributed by atoms with Gasteiger partial charge >= 0.3 is 0 Å². The Bertz CT molecular complexity index is 822. The lowest BCUT2D eigenvalue weighted by Gasteiger charge is -2.07. The highest BCUT2D eigenvalue weighted by molar-refractivity contribution is 9.10. The Kier molecular flexibility index (Phi) is 7.81. The van der Waals surface area contributed by atoms with E-state index in [0.717, 1.165) is 4.47 Å². The van der Waals surface area contributed by atoms with Gasteiger partial charge < -0.3 is 14.8 Å². The summed E-state index contributed by atoms with van der Waals surface area (Å²) in [6.45, 7) is 1.47. The van der Waals surface area contributed by atoms with Crippen LogP contribution in [-0.2, 0) is 9.59 Å². The predicted octanol–water partition coefficient (Wildman–Crippen LogP) is 3.36. The SMILES string of the molecule is COc1ccc(OCC(=O)NN=C(C)CC(=O)Nc2cccc(Br)c2)cc1. The van der Waals surface area contributed by atoms with Crippen LogP contribution in [0.2, 0.25) is 0 Å². The number of nitrogens with one attached hydrogen (secondary N) is 2. The first-order valence-electron chi connectivity index (χ1n) is 8.10. The fourth-order valence-corrected chi connectivity index (χ4v) is 2.45. The average Bonchev–Trinajstić information content (AvgIpc) is 2.65. The molecule has 142 valence electrons. The molecule has 0 spiro atoms. The number of carbonyl (C=O) groups excluding carboxylic acids is 2. The van der Waals surface area contributed by atoms with Crippen LogP contribution in [0.3, 0.4) is 0 Å². The summed E-state index contributed by atoms with van der Waals surface area (Å²) in [5.74, 6) is 0.601. The molecule has 2 aromatic rings. The lowest BCUT2D eigenvalue weighted by atomic mass is 10.2. The van der Waals surface area contributed by atoms with Gasteiger partial charge in [0, 0.05) is 15.9 Å². The van der Waals surface area contributed by atoms with Gasteiger partial charge in [-0.1, -0.05) is 22.0 Å². The highest BCUT2D eigenvalue weighted by atomic mass is 79.9. The van der Waals surface area contributed by atoms with Gasteiger partial charge in [0.1, 0.15) is 11.5 Å². The number of nitrogens with zero attached hydrogens (tertiary/aromatic N) is 1. The molecule has 0 saturated carbocycles. The molecule has 2 amide bonds. The molecule has 0 aliphatic heterocycles. The molecule has 0 radical (unpaired) electrons. The first-order chi connectivity index (χ1) is 13.0. The summed E-state index contributed by atoms with van der Waals surface area (Å²) in [5.41, 5.74) is 3.52. The summed E-state index contributed by atoms with van der Waals surface area (Å²) < 4.78 is 11.3. The molecule has 0 atom stereocenters. The van der Waals surface area contributed by atoms with Gasteiger partial charge in [0.2, 0.25) is 5.91 Å². The van der Waals surface area contributed by atoms with E-state index in [1.165, 1.54) is 0 Å². The van der Waals surface area contributed by atoms with Crippen molar-refractivity contribution < 1.29 is 19.1 Å². The molecule has 0 saturated heterocycles. The van der Waals surface area contributed by atoms with Crippen LogP contribution >= 0.6 is 15.9 Å². The Labute approximate surface area is 165 Å². The van der Waals surface area contributed by atoms with Gasteiger partial charge in [0.25, 0.3) is 5.91 Å². The van der Waals surface area contributed by atoms with Crippen LogP contribution in [0, 0.1) is 0 Å².